The molecule has 0 saturated heterocycles. The summed E-state index contributed by atoms with van der Waals surface area (Å²) in [5.41, 5.74) is 1.18. The molecule has 3 nitrogen and oxygen atoms in total. The number of hydrogen-bond donors (Lipinski definition) is 0. The van der Waals surface area contributed by atoms with Gasteiger partial charge >= 0.3 is 0 Å². The van der Waals surface area contributed by atoms with Gasteiger partial charge in [-0.05, 0) is 12.1 Å². The molecule has 16 heavy (non-hydrogen) atoms. The standard InChI is InChI=1S/C11H7ClN2O.ClH/c1-15-11-5-10-8(4-7(11)6-13)9(12)2-3-14-10;/h2-5H,1H3;1H. The summed E-state index contributed by atoms with van der Waals surface area (Å²) in [5.74, 6) is 0.514. The lowest BCUT2D eigenvalue weighted by molar-refractivity contribution is 0.414. The lowest BCUT2D eigenvalue weighted by Gasteiger charge is -2.05. The maximum atomic E-state index is 8.91. The van der Waals surface area contributed by atoms with Crippen molar-refractivity contribution in [1.82, 2.24) is 4.98 Å². The minimum Gasteiger partial charge on any atom is -0.495 e. The molecule has 0 amide bonds. The molecule has 0 radical (unpaired) electrons. The SMILES string of the molecule is COc1cc2nccc(Cl)c2cc1C#N.Cl. The zero-order chi connectivity index (χ0) is 10.8. The zero-order valence-electron chi connectivity index (χ0n) is 8.40. The monoisotopic (exact) mass is 254 g/mol. The van der Waals surface area contributed by atoms with Gasteiger partial charge in [0.05, 0.1) is 23.2 Å². The van der Waals surface area contributed by atoms with E-state index in [2.05, 4.69) is 11.1 Å². The van der Waals surface area contributed by atoms with Crippen LogP contribution < -0.4 is 4.74 Å². The third-order valence-corrected chi connectivity index (χ3v) is 2.46. The molecular weight excluding hydrogens is 247 g/mol. The van der Waals surface area contributed by atoms with Crippen molar-refractivity contribution in [1.29, 1.82) is 5.26 Å². The summed E-state index contributed by atoms with van der Waals surface area (Å²) in [5, 5.41) is 10.2. The number of hydrogen-bond acceptors (Lipinski definition) is 3. The molecule has 0 aliphatic carbocycles. The van der Waals surface area contributed by atoms with Gasteiger partial charge in [-0.3, -0.25) is 4.98 Å². The van der Waals surface area contributed by atoms with Gasteiger partial charge in [0.15, 0.2) is 0 Å². The number of fused-ring (bicyclic) bond motifs is 1. The van der Waals surface area contributed by atoms with Crippen LogP contribution in [0.15, 0.2) is 24.4 Å². The van der Waals surface area contributed by atoms with Crippen LogP contribution in [0.2, 0.25) is 5.02 Å². The van der Waals surface area contributed by atoms with E-state index in [-0.39, 0.29) is 12.4 Å². The molecule has 1 heterocycles. The number of halogens is 2. The Labute approximate surface area is 104 Å². The highest BCUT2D eigenvalue weighted by Crippen LogP contribution is 2.28. The first-order valence-corrected chi connectivity index (χ1v) is 4.66. The second-order valence-electron chi connectivity index (χ2n) is 2.97. The summed E-state index contributed by atoms with van der Waals surface area (Å²) in [4.78, 5) is 4.15. The molecule has 2 aromatic rings. The van der Waals surface area contributed by atoms with Crippen molar-refractivity contribution in [3.63, 3.8) is 0 Å². The highest BCUT2D eigenvalue weighted by molar-refractivity contribution is 6.35. The van der Waals surface area contributed by atoms with Crippen molar-refractivity contribution in [3.8, 4) is 11.8 Å². The number of nitrogens with zero attached hydrogens (tertiary/aromatic N) is 2. The molecule has 1 aromatic carbocycles. The molecule has 1 aromatic heterocycles. The first-order chi connectivity index (χ1) is 7.26. The number of pyridine rings is 1. The molecule has 0 saturated carbocycles. The number of methoxy groups -OCH3 is 1. The maximum Gasteiger partial charge on any atom is 0.138 e. The van der Waals surface area contributed by atoms with Crippen LogP contribution in [0.1, 0.15) is 5.56 Å². The highest BCUT2D eigenvalue weighted by Gasteiger charge is 2.07. The second kappa shape index (κ2) is 5.02. The summed E-state index contributed by atoms with van der Waals surface area (Å²) in [6.07, 6.45) is 1.62. The van der Waals surface area contributed by atoms with Crippen molar-refractivity contribution in [2.75, 3.05) is 7.11 Å². The average molecular weight is 255 g/mol. The normalized spacial score (nSPS) is 9.31. The van der Waals surface area contributed by atoms with Gasteiger partial charge in [0.1, 0.15) is 11.8 Å². The molecule has 0 unspecified atom stereocenters. The fourth-order valence-corrected chi connectivity index (χ4v) is 1.60. The molecule has 82 valence electrons. The van der Waals surface area contributed by atoms with Crippen LogP contribution in [0.4, 0.5) is 0 Å². The zero-order valence-corrected chi connectivity index (χ0v) is 9.97. The number of ether oxygens (including phenoxy) is 1. The molecule has 0 N–H and O–H groups in total. The van der Waals surface area contributed by atoms with Gasteiger partial charge in [-0.1, -0.05) is 11.6 Å². The van der Waals surface area contributed by atoms with Crippen molar-refractivity contribution in [3.05, 3.63) is 35.0 Å². The Bertz CT molecular complexity index is 564. The van der Waals surface area contributed by atoms with Crippen molar-refractivity contribution < 1.29 is 4.74 Å². The first kappa shape index (κ1) is 12.6. The number of benzene rings is 1. The highest BCUT2D eigenvalue weighted by atomic mass is 35.5. The summed E-state index contributed by atoms with van der Waals surface area (Å²) < 4.78 is 5.08. The smallest absolute Gasteiger partial charge is 0.138 e. The van der Waals surface area contributed by atoms with Crippen molar-refractivity contribution >= 4 is 34.9 Å². The molecule has 0 spiro atoms. The number of nitriles is 1. The average Bonchev–Trinajstić information content (AvgIpc) is 2.28. The molecule has 0 bridgehead atoms. The quantitative estimate of drug-likeness (QED) is 0.786. The van der Waals surface area contributed by atoms with E-state index in [4.69, 9.17) is 21.6 Å². The predicted molar refractivity (Wildman–Crippen MR) is 65.3 cm³/mol. The summed E-state index contributed by atoms with van der Waals surface area (Å²) in [7, 11) is 1.52. The molecule has 0 aliphatic heterocycles. The van der Waals surface area contributed by atoms with Crippen molar-refractivity contribution in [2.45, 2.75) is 0 Å². The van der Waals surface area contributed by atoms with Crippen LogP contribution in [-0.4, -0.2) is 12.1 Å². The fraction of sp³-hybridized carbons (Fsp3) is 0.0909. The Hall–Kier alpha value is -1.50. The van der Waals surface area contributed by atoms with Gasteiger partial charge in [-0.15, -0.1) is 12.4 Å². The Morgan fingerprint density at radius 1 is 1.44 bits per heavy atom. The van der Waals surface area contributed by atoms with Gasteiger partial charge in [0, 0.05) is 17.6 Å². The van der Waals surface area contributed by atoms with E-state index in [0.29, 0.717) is 16.3 Å². The van der Waals surface area contributed by atoms with E-state index < -0.39 is 0 Å². The van der Waals surface area contributed by atoms with Crippen LogP contribution in [0.5, 0.6) is 5.75 Å². The summed E-state index contributed by atoms with van der Waals surface area (Å²) in [6.45, 7) is 0. The van der Waals surface area contributed by atoms with Crippen LogP contribution in [0.25, 0.3) is 10.9 Å². The van der Waals surface area contributed by atoms with Crippen LogP contribution in [0.3, 0.4) is 0 Å². The lowest BCUT2D eigenvalue weighted by Crippen LogP contribution is -1.89. The van der Waals surface area contributed by atoms with E-state index in [9.17, 15) is 0 Å². The third kappa shape index (κ3) is 2.04. The van der Waals surface area contributed by atoms with Gasteiger partial charge < -0.3 is 4.74 Å². The third-order valence-electron chi connectivity index (χ3n) is 2.13. The summed E-state index contributed by atoms with van der Waals surface area (Å²) in [6, 6.07) is 7.14. The Kier molecular flexibility index (Phi) is 3.94. The Morgan fingerprint density at radius 3 is 2.81 bits per heavy atom. The first-order valence-electron chi connectivity index (χ1n) is 4.28. The minimum absolute atomic E-state index is 0. The molecular formula is C11H8Cl2N2O. The Morgan fingerprint density at radius 2 is 2.19 bits per heavy atom. The van der Waals surface area contributed by atoms with Gasteiger partial charge in [0.2, 0.25) is 0 Å². The van der Waals surface area contributed by atoms with Crippen molar-refractivity contribution in [2.24, 2.45) is 0 Å². The molecule has 5 heteroatoms. The number of rotatable bonds is 1. The van der Waals surface area contributed by atoms with Gasteiger partial charge in [-0.25, -0.2) is 0 Å². The van der Waals surface area contributed by atoms with E-state index in [1.807, 2.05) is 0 Å². The minimum atomic E-state index is 0. The molecule has 0 fully saturated rings. The van der Waals surface area contributed by atoms with Gasteiger partial charge in [-0.2, -0.15) is 5.26 Å². The summed E-state index contributed by atoms with van der Waals surface area (Å²) >= 11 is 5.99. The fourth-order valence-electron chi connectivity index (χ4n) is 1.40. The second-order valence-corrected chi connectivity index (χ2v) is 3.38. The lowest BCUT2D eigenvalue weighted by atomic mass is 10.1. The topological polar surface area (TPSA) is 45.9 Å². The van der Waals surface area contributed by atoms with E-state index in [0.717, 1.165) is 10.9 Å². The van der Waals surface area contributed by atoms with E-state index >= 15 is 0 Å². The molecule has 0 aliphatic rings. The van der Waals surface area contributed by atoms with Gasteiger partial charge in [0.25, 0.3) is 0 Å². The van der Waals surface area contributed by atoms with Crippen LogP contribution in [-0.2, 0) is 0 Å². The predicted octanol–water partition coefficient (Wildman–Crippen LogP) is 3.19. The Balaban J connectivity index is 0.00000128. The largest absolute Gasteiger partial charge is 0.495 e. The number of aromatic nitrogens is 1. The molecule has 0 atom stereocenters. The van der Waals surface area contributed by atoms with E-state index in [1.54, 1.807) is 24.4 Å². The molecule has 2 rings (SSSR count). The maximum absolute atomic E-state index is 8.91. The van der Waals surface area contributed by atoms with Crippen LogP contribution in [0, 0.1) is 11.3 Å². The van der Waals surface area contributed by atoms with E-state index in [1.165, 1.54) is 7.11 Å². The van der Waals surface area contributed by atoms with Crippen LogP contribution >= 0.6 is 24.0 Å².